The molecule has 6 heteroatoms. The number of aromatic nitrogens is 1. The van der Waals surface area contributed by atoms with E-state index in [1.54, 1.807) is 11.3 Å². The Morgan fingerprint density at radius 1 is 1.42 bits per heavy atom. The van der Waals surface area contributed by atoms with Gasteiger partial charge >= 0.3 is 6.03 Å². The third kappa shape index (κ3) is 4.13. The fraction of sp³-hybridized carbons (Fsp3) is 0.444. The molecule has 0 saturated carbocycles. The molecule has 3 unspecified atom stereocenters. The summed E-state index contributed by atoms with van der Waals surface area (Å²) in [7, 11) is 0. The molecular weight excluding hydrogens is 322 g/mol. The summed E-state index contributed by atoms with van der Waals surface area (Å²) < 4.78 is 5.86. The summed E-state index contributed by atoms with van der Waals surface area (Å²) in [5, 5.41) is 6.85. The average Bonchev–Trinajstić information content (AvgIpc) is 3.22. The number of rotatable bonds is 5. The molecule has 5 nitrogen and oxygen atoms in total. The van der Waals surface area contributed by atoms with Crippen LogP contribution in [0, 0.1) is 12.8 Å². The number of benzene rings is 1. The van der Waals surface area contributed by atoms with Gasteiger partial charge in [-0.05, 0) is 25.8 Å². The quantitative estimate of drug-likeness (QED) is 0.870. The first-order valence-corrected chi connectivity index (χ1v) is 9.08. The highest BCUT2D eigenvalue weighted by Crippen LogP contribution is 2.33. The van der Waals surface area contributed by atoms with Crippen LogP contribution in [0.1, 0.15) is 40.9 Å². The van der Waals surface area contributed by atoms with Crippen LogP contribution in [0.15, 0.2) is 36.5 Å². The van der Waals surface area contributed by atoms with Gasteiger partial charge in [0.05, 0.1) is 12.1 Å². The Labute approximate surface area is 146 Å². The first kappa shape index (κ1) is 16.9. The van der Waals surface area contributed by atoms with Crippen molar-refractivity contribution in [2.75, 3.05) is 13.2 Å². The maximum Gasteiger partial charge on any atom is 0.315 e. The minimum atomic E-state index is -0.158. The number of hydrogen-bond donors (Lipinski definition) is 2. The zero-order chi connectivity index (χ0) is 16.9. The Kier molecular flexibility index (Phi) is 5.48. The van der Waals surface area contributed by atoms with Crippen molar-refractivity contribution in [3.05, 3.63) is 52.0 Å². The zero-order valence-corrected chi connectivity index (χ0v) is 14.8. The highest BCUT2D eigenvalue weighted by Gasteiger charge is 2.29. The second-order valence-corrected chi connectivity index (χ2v) is 7.40. The van der Waals surface area contributed by atoms with E-state index in [0.29, 0.717) is 12.5 Å². The Morgan fingerprint density at radius 3 is 2.92 bits per heavy atom. The maximum absolute atomic E-state index is 12.1. The molecule has 128 valence electrons. The van der Waals surface area contributed by atoms with Crippen molar-refractivity contribution in [2.24, 2.45) is 5.92 Å². The molecule has 1 aliphatic rings. The summed E-state index contributed by atoms with van der Waals surface area (Å²) >= 11 is 1.61. The van der Waals surface area contributed by atoms with E-state index in [0.717, 1.165) is 22.9 Å². The molecule has 1 aromatic heterocycles. The van der Waals surface area contributed by atoms with Crippen LogP contribution >= 0.6 is 11.3 Å². The van der Waals surface area contributed by atoms with E-state index in [9.17, 15) is 4.79 Å². The van der Waals surface area contributed by atoms with E-state index in [-0.39, 0.29) is 18.2 Å². The number of carbonyl (C=O) groups excluding carboxylic acids is 1. The number of urea groups is 1. The number of nitrogens with one attached hydrogen (secondary N) is 2. The maximum atomic E-state index is 12.1. The van der Waals surface area contributed by atoms with Gasteiger partial charge in [-0.1, -0.05) is 30.3 Å². The SMILES string of the molecule is Cc1cnc(C(C)NC(=O)NCC2CCOC2c2ccccc2)s1. The molecule has 1 aromatic carbocycles. The van der Waals surface area contributed by atoms with Crippen molar-refractivity contribution in [3.8, 4) is 0 Å². The summed E-state index contributed by atoms with van der Waals surface area (Å²) in [4.78, 5) is 17.6. The normalized spacial score (nSPS) is 21.4. The van der Waals surface area contributed by atoms with Gasteiger partial charge in [0.1, 0.15) is 5.01 Å². The fourth-order valence-electron chi connectivity index (χ4n) is 2.96. The Hall–Kier alpha value is -1.92. The molecule has 1 saturated heterocycles. The van der Waals surface area contributed by atoms with Crippen LogP contribution in [0.2, 0.25) is 0 Å². The zero-order valence-electron chi connectivity index (χ0n) is 14.0. The molecule has 3 atom stereocenters. The lowest BCUT2D eigenvalue weighted by atomic mass is 9.95. The number of ether oxygens (including phenoxy) is 1. The molecule has 24 heavy (non-hydrogen) atoms. The van der Waals surface area contributed by atoms with Crippen molar-refractivity contribution in [1.82, 2.24) is 15.6 Å². The van der Waals surface area contributed by atoms with Crippen LogP contribution in [-0.4, -0.2) is 24.2 Å². The highest BCUT2D eigenvalue weighted by molar-refractivity contribution is 7.11. The molecule has 2 aromatic rings. The highest BCUT2D eigenvalue weighted by atomic mass is 32.1. The van der Waals surface area contributed by atoms with Gasteiger partial charge in [-0.2, -0.15) is 0 Å². The average molecular weight is 345 g/mol. The lowest BCUT2D eigenvalue weighted by Gasteiger charge is -2.20. The van der Waals surface area contributed by atoms with E-state index in [4.69, 9.17) is 4.74 Å². The number of amides is 2. The van der Waals surface area contributed by atoms with Gasteiger partial charge < -0.3 is 15.4 Å². The van der Waals surface area contributed by atoms with E-state index in [1.807, 2.05) is 38.2 Å². The number of nitrogens with zero attached hydrogens (tertiary/aromatic N) is 1. The van der Waals surface area contributed by atoms with Gasteiger partial charge in [-0.3, -0.25) is 0 Å². The van der Waals surface area contributed by atoms with Crippen molar-refractivity contribution < 1.29 is 9.53 Å². The fourth-order valence-corrected chi connectivity index (χ4v) is 3.74. The van der Waals surface area contributed by atoms with Gasteiger partial charge in [-0.15, -0.1) is 11.3 Å². The standard InChI is InChI=1S/C18H23N3O2S/c1-12-10-19-17(24-12)13(2)21-18(22)20-11-15-8-9-23-16(15)14-6-4-3-5-7-14/h3-7,10,13,15-16H,8-9,11H2,1-2H3,(H2,20,21,22). The third-order valence-corrected chi connectivity index (χ3v) is 5.32. The largest absolute Gasteiger partial charge is 0.373 e. The molecule has 2 N–H and O–H groups in total. The lowest BCUT2D eigenvalue weighted by Crippen LogP contribution is -2.39. The molecule has 0 radical (unpaired) electrons. The van der Waals surface area contributed by atoms with Crippen LogP contribution in [-0.2, 0) is 4.74 Å². The number of carbonyl (C=O) groups is 1. The van der Waals surface area contributed by atoms with Gasteiger partial charge in [0.2, 0.25) is 0 Å². The van der Waals surface area contributed by atoms with Crippen molar-refractivity contribution in [3.63, 3.8) is 0 Å². The van der Waals surface area contributed by atoms with E-state index in [2.05, 4.69) is 27.8 Å². The van der Waals surface area contributed by atoms with Gasteiger partial charge in [0.15, 0.2) is 0 Å². The Bertz CT molecular complexity index is 674. The van der Waals surface area contributed by atoms with Gasteiger partial charge in [0, 0.05) is 30.1 Å². The van der Waals surface area contributed by atoms with E-state index < -0.39 is 0 Å². The molecule has 1 fully saturated rings. The first-order valence-electron chi connectivity index (χ1n) is 8.26. The summed E-state index contributed by atoms with van der Waals surface area (Å²) in [6.07, 6.45) is 2.85. The number of aryl methyl sites for hydroxylation is 1. The summed E-state index contributed by atoms with van der Waals surface area (Å²) in [5.74, 6) is 0.301. The molecule has 1 aliphatic heterocycles. The Morgan fingerprint density at radius 2 is 2.21 bits per heavy atom. The molecule has 0 bridgehead atoms. The van der Waals surface area contributed by atoms with Crippen LogP contribution in [0.5, 0.6) is 0 Å². The smallest absolute Gasteiger partial charge is 0.315 e. The first-order chi connectivity index (χ1) is 11.6. The monoisotopic (exact) mass is 345 g/mol. The van der Waals surface area contributed by atoms with Crippen molar-refractivity contribution >= 4 is 17.4 Å². The van der Waals surface area contributed by atoms with Crippen molar-refractivity contribution in [2.45, 2.75) is 32.4 Å². The predicted octanol–water partition coefficient (Wildman–Crippen LogP) is 3.59. The second kappa shape index (κ2) is 7.77. The van der Waals surface area contributed by atoms with Crippen molar-refractivity contribution in [1.29, 1.82) is 0 Å². The number of thiazole rings is 1. The Balaban J connectivity index is 1.50. The van der Waals surface area contributed by atoms with E-state index >= 15 is 0 Å². The summed E-state index contributed by atoms with van der Waals surface area (Å²) in [5.41, 5.74) is 1.17. The lowest BCUT2D eigenvalue weighted by molar-refractivity contribution is 0.0910. The topological polar surface area (TPSA) is 63.2 Å². The van der Waals surface area contributed by atoms with E-state index in [1.165, 1.54) is 5.56 Å². The molecule has 2 amide bonds. The molecule has 3 rings (SSSR count). The molecule has 0 spiro atoms. The minimum Gasteiger partial charge on any atom is -0.373 e. The minimum absolute atomic E-state index is 0.0607. The summed E-state index contributed by atoms with van der Waals surface area (Å²) in [6.45, 7) is 5.30. The number of hydrogen-bond acceptors (Lipinski definition) is 4. The van der Waals surface area contributed by atoms with Crippen LogP contribution in [0.25, 0.3) is 0 Å². The van der Waals surface area contributed by atoms with Crippen LogP contribution in [0.3, 0.4) is 0 Å². The van der Waals surface area contributed by atoms with Crippen LogP contribution < -0.4 is 10.6 Å². The molecule has 2 heterocycles. The molecular formula is C18H23N3O2S. The summed E-state index contributed by atoms with van der Waals surface area (Å²) in [6, 6.07) is 9.95. The van der Waals surface area contributed by atoms with Gasteiger partial charge in [-0.25, -0.2) is 9.78 Å². The van der Waals surface area contributed by atoms with Crippen LogP contribution in [0.4, 0.5) is 4.79 Å². The van der Waals surface area contributed by atoms with Gasteiger partial charge in [0.25, 0.3) is 0 Å². The second-order valence-electron chi connectivity index (χ2n) is 6.14. The predicted molar refractivity (Wildman–Crippen MR) is 95.0 cm³/mol. The third-order valence-electron chi connectivity index (χ3n) is 4.22. The molecule has 0 aliphatic carbocycles.